The third kappa shape index (κ3) is 4.14. The van der Waals surface area contributed by atoms with E-state index in [0.29, 0.717) is 0 Å². The van der Waals surface area contributed by atoms with Crippen LogP contribution in [0.4, 0.5) is 11.4 Å². The highest BCUT2D eigenvalue weighted by Gasteiger charge is 1.99. The fourth-order valence-corrected chi connectivity index (χ4v) is 1.41. The van der Waals surface area contributed by atoms with Crippen molar-refractivity contribution in [1.29, 1.82) is 0 Å². The van der Waals surface area contributed by atoms with E-state index in [-0.39, 0.29) is 9.41 Å². The molecule has 3 nitrogen and oxygen atoms in total. The summed E-state index contributed by atoms with van der Waals surface area (Å²) in [6, 6.07) is 8.16. The van der Waals surface area contributed by atoms with Gasteiger partial charge in [0.15, 0.2) is 24.8 Å². The van der Waals surface area contributed by atoms with Crippen LogP contribution in [0, 0.1) is 0 Å². The molecule has 92 valence electrons. The molecule has 2 rings (SSSR count). The Morgan fingerprint density at radius 2 is 1.47 bits per heavy atom. The molecule has 2 aromatic heterocycles. The zero-order valence-corrected chi connectivity index (χ0v) is 9.77. The van der Waals surface area contributed by atoms with Crippen LogP contribution >= 0.6 is 0 Å². The number of aromatic nitrogens is 2. The van der Waals surface area contributed by atoms with E-state index in [1.165, 1.54) is 0 Å². The molecular weight excluding hydrogens is 224 g/mol. The van der Waals surface area contributed by atoms with E-state index in [4.69, 9.17) is 0 Å². The third-order valence-corrected chi connectivity index (χ3v) is 2.21. The van der Waals surface area contributed by atoms with Gasteiger partial charge in [-0.15, -0.1) is 0 Å². The van der Waals surface area contributed by atoms with E-state index in [1.807, 2.05) is 72.3 Å². The molecule has 0 radical (unpaired) electrons. The Morgan fingerprint density at radius 1 is 0.824 bits per heavy atom. The minimum absolute atomic E-state index is 0. The van der Waals surface area contributed by atoms with Gasteiger partial charge in [0.25, 0.3) is 0 Å². The molecule has 5 heteroatoms. The normalized spacial score (nSPS) is 8.82. The molecule has 0 aromatic carbocycles. The van der Waals surface area contributed by atoms with Crippen LogP contribution in [0.2, 0.25) is 0 Å². The molecule has 0 bridgehead atoms. The van der Waals surface area contributed by atoms with E-state index in [2.05, 4.69) is 5.32 Å². The van der Waals surface area contributed by atoms with E-state index in [1.54, 1.807) is 0 Å². The number of pyridine rings is 2. The van der Waals surface area contributed by atoms with Crippen LogP contribution in [-0.4, -0.2) is 0 Å². The van der Waals surface area contributed by atoms with Crippen molar-refractivity contribution in [2.24, 2.45) is 14.1 Å². The quantitative estimate of drug-likeness (QED) is 0.521. The van der Waals surface area contributed by atoms with Gasteiger partial charge in [-0.1, -0.05) is 0 Å². The molecule has 1 N–H and O–H groups in total. The Balaban J connectivity index is 0.00000128. The van der Waals surface area contributed by atoms with Crippen LogP contribution in [0.5, 0.6) is 0 Å². The van der Waals surface area contributed by atoms with Crippen molar-refractivity contribution in [2.45, 2.75) is 0 Å². The summed E-state index contributed by atoms with van der Waals surface area (Å²) in [5.74, 6) is 0. The van der Waals surface area contributed by atoms with Crippen LogP contribution in [0.25, 0.3) is 0 Å². The summed E-state index contributed by atoms with van der Waals surface area (Å²) in [5, 5.41) is 3.34. The maximum absolute atomic E-state index is 3.34. The van der Waals surface area contributed by atoms with Crippen LogP contribution in [0.1, 0.15) is 0 Å². The molecule has 0 aliphatic carbocycles. The lowest BCUT2D eigenvalue weighted by Gasteiger charge is -2.02. The second kappa shape index (κ2) is 6.52. The monoisotopic (exact) mass is 239 g/mol. The Hall–Kier alpha value is -2.04. The van der Waals surface area contributed by atoms with Crippen LogP contribution in [0.3, 0.4) is 0 Å². The molecule has 2 aromatic rings. The van der Waals surface area contributed by atoms with Gasteiger partial charge in [0.05, 0.1) is 5.69 Å². The first kappa shape index (κ1) is 15.0. The number of rotatable bonds is 2. The minimum atomic E-state index is 0. The van der Waals surface area contributed by atoms with Crippen molar-refractivity contribution in [3.8, 4) is 0 Å². The van der Waals surface area contributed by atoms with Gasteiger partial charge in [-0.25, -0.2) is 9.13 Å². The van der Waals surface area contributed by atoms with Gasteiger partial charge >= 0.3 is 0 Å². The third-order valence-electron chi connectivity index (χ3n) is 2.21. The second-order valence-electron chi connectivity index (χ2n) is 3.64. The zero-order chi connectivity index (χ0) is 10.7. The molecule has 2 heterocycles. The van der Waals surface area contributed by atoms with E-state index >= 15 is 0 Å². The maximum atomic E-state index is 3.34. The number of aryl methyl sites for hydroxylation is 2. The first-order valence-electron chi connectivity index (χ1n) is 4.92. The summed E-state index contributed by atoms with van der Waals surface area (Å²) < 4.78 is 4.03. The molecule has 0 aliphatic rings. The maximum Gasteiger partial charge on any atom is 0.192 e. The van der Waals surface area contributed by atoms with E-state index in [0.717, 1.165) is 11.4 Å². The molecule has 0 unspecified atom stereocenters. The number of hydrogen-bond acceptors (Lipinski definition) is 1. The second-order valence-corrected chi connectivity index (χ2v) is 3.64. The van der Waals surface area contributed by atoms with Crippen molar-refractivity contribution in [3.05, 3.63) is 49.1 Å². The average Bonchev–Trinajstić information content (AvgIpc) is 2.22. The molecule has 0 atom stereocenters. The number of nitrogens with zero attached hydrogens (tertiary/aromatic N) is 2. The van der Waals surface area contributed by atoms with Crippen LogP contribution in [-0.2, 0) is 14.1 Å². The lowest BCUT2D eigenvalue weighted by atomic mass is 10.3. The Labute approximate surface area is 99.1 Å². The summed E-state index contributed by atoms with van der Waals surface area (Å²) in [5.41, 5.74) is 2.19. The van der Waals surface area contributed by atoms with Crippen molar-refractivity contribution in [1.82, 2.24) is 0 Å². The summed E-state index contributed by atoms with van der Waals surface area (Å²) in [7, 11) is 4.02. The fourth-order valence-electron chi connectivity index (χ4n) is 1.41. The predicted molar refractivity (Wildman–Crippen MR) is 58.5 cm³/mol. The van der Waals surface area contributed by atoms with Gasteiger partial charge in [0, 0.05) is 18.2 Å². The van der Waals surface area contributed by atoms with Gasteiger partial charge in [-0.05, 0) is 6.07 Å². The molecule has 0 saturated heterocycles. The van der Waals surface area contributed by atoms with E-state index < -0.39 is 0 Å². The lowest BCUT2D eigenvalue weighted by molar-refractivity contribution is -0.671. The standard InChI is InChI=1S/C12H14N3.2FH/c1-14-8-5-11(6-9-14)13-12-4-3-7-15(2)10-12;;/h3-10H,1-2H3;2*1H/q+1;;/p-1. The summed E-state index contributed by atoms with van der Waals surface area (Å²) in [6.07, 6.45) is 8.10. The Bertz CT molecular complexity index is 458. The summed E-state index contributed by atoms with van der Waals surface area (Å²) >= 11 is 0. The van der Waals surface area contributed by atoms with Crippen molar-refractivity contribution in [2.75, 3.05) is 5.32 Å². The smallest absolute Gasteiger partial charge is 0.192 e. The summed E-state index contributed by atoms with van der Waals surface area (Å²) in [4.78, 5) is 0. The molecule has 0 aliphatic heterocycles. The highest BCUT2D eigenvalue weighted by molar-refractivity contribution is 5.56. The summed E-state index contributed by atoms with van der Waals surface area (Å²) in [6.45, 7) is 0. The van der Waals surface area contributed by atoms with Gasteiger partial charge in [-0.2, -0.15) is 0 Å². The molecule has 17 heavy (non-hydrogen) atoms. The molecule has 0 amide bonds. The van der Waals surface area contributed by atoms with Gasteiger partial charge in [0.1, 0.15) is 19.8 Å². The number of anilines is 2. The number of hydrogen-bond donors (Lipinski definition) is 1. The molecule has 0 saturated carbocycles. The average molecular weight is 239 g/mol. The van der Waals surface area contributed by atoms with Crippen molar-refractivity contribution in [3.63, 3.8) is 0 Å². The molecular formula is C12H15F2N3. The first-order chi connectivity index (χ1) is 7.24. The highest BCUT2D eigenvalue weighted by Crippen LogP contribution is 2.11. The fraction of sp³-hybridized carbons (Fsp3) is 0.167. The minimum Gasteiger partial charge on any atom is -1.00 e. The first-order valence-corrected chi connectivity index (χ1v) is 4.92. The Kier molecular flexibility index (Phi) is 5.74. The van der Waals surface area contributed by atoms with Gasteiger partial charge < -0.3 is 14.7 Å². The predicted octanol–water partition coefficient (Wildman–Crippen LogP) is -4.91. The molecule has 0 spiro atoms. The topological polar surface area (TPSA) is 19.8 Å². The van der Waals surface area contributed by atoms with Gasteiger partial charge in [-0.3, -0.25) is 0 Å². The van der Waals surface area contributed by atoms with E-state index in [9.17, 15) is 0 Å². The lowest BCUT2D eigenvalue weighted by Crippen LogP contribution is -3.00. The van der Waals surface area contributed by atoms with Crippen molar-refractivity contribution < 1.29 is 18.5 Å². The van der Waals surface area contributed by atoms with Gasteiger partial charge in [0.2, 0.25) is 0 Å². The molecule has 0 fully saturated rings. The number of nitrogens with one attached hydrogen (secondary N) is 1. The van der Waals surface area contributed by atoms with Crippen molar-refractivity contribution >= 4 is 11.4 Å². The highest BCUT2D eigenvalue weighted by atomic mass is 19.0. The largest absolute Gasteiger partial charge is 1.00 e. The number of halogens is 2. The van der Waals surface area contributed by atoms with Crippen LogP contribution in [0.15, 0.2) is 49.1 Å². The van der Waals surface area contributed by atoms with Crippen LogP contribution < -0.4 is 23.9 Å². The zero-order valence-electron chi connectivity index (χ0n) is 9.77. The Morgan fingerprint density at radius 3 is 2.06 bits per heavy atom. The SMILES string of the molecule is C[n+]1ccc(Nc2ccc[n+](C)c2)cc1.[F-].[F-].